The summed E-state index contributed by atoms with van der Waals surface area (Å²) in [6, 6.07) is 0. The Morgan fingerprint density at radius 2 is 1.11 bits per heavy atom. The molecule has 0 saturated heterocycles. The molecule has 0 aliphatic heterocycles. The van der Waals surface area contributed by atoms with Crippen LogP contribution in [-0.2, 0) is 0 Å². The highest BCUT2D eigenvalue weighted by Crippen LogP contribution is 2.31. The van der Waals surface area contributed by atoms with Crippen LogP contribution in [-0.4, -0.2) is 5.54 Å². The Kier molecular flexibility index (Phi) is 7.42. The van der Waals surface area contributed by atoms with E-state index in [4.69, 9.17) is 5.73 Å². The molecule has 1 aliphatic carbocycles. The zero-order valence-electron chi connectivity index (χ0n) is 13.8. The zero-order valence-corrected chi connectivity index (χ0v) is 13.8. The standard InChI is InChI=1S/C18H37N/c1-17(2,3)15-16-18(19)13-11-9-7-5-4-6-8-10-12-14-18/h4-16,19H2,1-3H3. The Labute approximate surface area is 121 Å². The van der Waals surface area contributed by atoms with Gasteiger partial charge in [-0.2, -0.15) is 0 Å². The van der Waals surface area contributed by atoms with Crippen LogP contribution in [0.2, 0.25) is 0 Å². The maximum atomic E-state index is 6.75. The first-order valence-corrected chi connectivity index (χ1v) is 8.70. The van der Waals surface area contributed by atoms with Gasteiger partial charge in [0.05, 0.1) is 0 Å². The topological polar surface area (TPSA) is 26.0 Å². The van der Waals surface area contributed by atoms with E-state index in [1.807, 2.05) is 0 Å². The average molecular weight is 268 g/mol. The fourth-order valence-electron chi connectivity index (χ4n) is 3.19. The summed E-state index contributed by atoms with van der Waals surface area (Å²) in [5.41, 5.74) is 7.30. The van der Waals surface area contributed by atoms with Gasteiger partial charge in [0.15, 0.2) is 0 Å². The van der Waals surface area contributed by atoms with Crippen molar-refractivity contribution in [1.82, 2.24) is 0 Å². The van der Waals surface area contributed by atoms with Gasteiger partial charge in [-0.05, 0) is 31.1 Å². The first kappa shape index (κ1) is 17.0. The van der Waals surface area contributed by atoms with E-state index in [2.05, 4.69) is 20.8 Å². The Morgan fingerprint density at radius 1 is 0.737 bits per heavy atom. The smallest absolute Gasteiger partial charge is 0.0154 e. The molecule has 0 heterocycles. The summed E-state index contributed by atoms with van der Waals surface area (Å²) in [6.45, 7) is 7.02. The maximum absolute atomic E-state index is 6.75. The van der Waals surface area contributed by atoms with Gasteiger partial charge in [0.25, 0.3) is 0 Å². The highest BCUT2D eigenvalue weighted by atomic mass is 14.7. The molecule has 1 heteroatoms. The van der Waals surface area contributed by atoms with E-state index in [1.54, 1.807) is 0 Å². The van der Waals surface area contributed by atoms with E-state index in [0.717, 1.165) is 0 Å². The van der Waals surface area contributed by atoms with Crippen molar-refractivity contribution in [1.29, 1.82) is 0 Å². The second-order valence-corrected chi connectivity index (χ2v) is 8.11. The molecule has 0 bridgehead atoms. The van der Waals surface area contributed by atoms with Crippen LogP contribution in [0.3, 0.4) is 0 Å². The molecule has 0 radical (unpaired) electrons. The molecule has 1 aliphatic rings. The largest absolute Gasteiger partial charge is 0.325 e. The number of hydrogen-bond acceptors (Lipinski definition) is 1. The van der Waals surface area contributed by atoms with Crippen molar-refractivity contribution in [3.63, 3.8) is 0 Å². The highest BCUT2D eigenvalue weighted by Gasteiger charge is 2.26. The molecule has 0 aromatic heterocycles. The molecule has 1 saturated carbocycles. The van der Waals surface area contributed by atoms with E-state index in [1.165, 1.54) is 83.5 Å². The Balaban J connectivity index is 2.44. The SMILES string of the molecule is CC(C)(C)CCC1(N)CCCCCCCCCCC1. The summed E-state index contributed by atoms with van der Waals surface area (Å²) in [7, 11) is 0. The van der Waals surface area contributed by atoms with Crippen LogP contribution in [0.15, 0.2) is 0 Å². The van der Waals surface area contributed by atoms with Crippen LogP contribution in [0.1, 0.15) is 104 Å². The first-order valence-electron chi connectivity index (χ1n) is 8.70. The molecule has 1 fully saturated rings. The van der Waals surface area contributed by atoms with Gasteiger partial charge >= 0.3 is 0 Å². The molecule has 0 amide bonds. The van der Waals surface area contributed by atoms with Crippen LogP contribution in [0, 0.1) is 5.41 Å². The second kappa shape index (κ2) is 8.29. The summed E-state index contributed by atoms with van der Waals surface area (Å²) in [5.74, 6) is 0. The van der Waals surface area contributed by atoms with Crippen molar-refractivity contribution >= 4 is 0 Å². The third-order valence-corrected chi connectivity index (χ3v) is 4.72. The summed E-state index contributed by atoms with van der Waals surface area (Å²) >= 11 is 0. The monoisotopic (exact) mass is 267 g/mol. The molecule has 114 valence electrons. The van der Waals surface area contributed by atoms with Gasteiger partial charge in [0, 0.05) is 5.54 Å². The van der Waals surface area contributed by atoms with Crippen LogP contribution in [0.25, 0.3) is 0 Å². The molecule has 1 nitrogen and oxygen atoms in total. The molecular formula is C18H37N. The molecule has 19 heavy (non-hydrogen) atoms. The molecule has 1 rings (SSSR count). The lowest BCUT2D eigenvalue weighted by molar-refractivity contribution is 0.253. The fraction of sp³-hybridized carbons (Fsp3) is 1.00. The second-order valence-electron chi connectivity index (χ2n) is 8.11. The summed E-state index contributed by atoms with van der Waals surface area (Å²) in [5, 5.41) is 0. The molecule has 0 atom stereocenters. The number of nitrogens with two attached hydrogens (primary N) is 1. The highest BCUT2D eigenvalue weighted by molar-refractivity contribution is 4.85. The molecular weight excluding hydrogens is 230 g/mol. The minimum Gasteiger partial charge on any atom is -0.325 e. The third-order valence-electron chi connectivity index (χ3n) is 4.72. The Hall–Kier alpha value is -0.0400. The van der Waals surface area contributed by atoms with Crippen molar-refractivity contribution in [2.75, 3.05) is 0 Å². The summed E-state index contributed by atoms with van der Waals surface area (Å²) in [6.07, 6.45) is 17.7. The van der Waals surface area contributed by atoms with Crippen LogP contribution in [0.4, 0.5) is 0 Å². The minimum absolute atomic E-state index is 0.131. The van der Waals surface area contributed by atoms with Gasteiger partial charge in [0.1, 0.15) is 0 Å². The first-order chi connectivity index (χ1) is 8.91. The molecule has 0 aromatic rings. The quantitative estimate of drug-likeness (QED) is 0.670. The average Bonchev–Trinajstić information content (AvgIpc) is 2.31. The van der Waals surface area contributed by atoms with Crippen molar-refractivity contribution in [3.05, 3.63) is 0 Å². The van der Waals surface area contributed by atoms with Crippen molar-refractivity contribution < 1.29 is 0 Å². The molecule has 0 unspecified atom stereocenters. The van der Waals surface area contributed by atoms with Gasteiger partial charge in [-0.1, -0.05) is 78.6 Å². The van der Waals surface area contributed by atoms with Crippen LogP contribution < -0.4 is 5.73 Å². The molecule has 0 spiro atoms. The van der Waals surface area contributed by atoms with E-state index < -0.39 is 0 Å². The summed E-state index contributed by atoms with van der Waals surface area (Å²) in [4.78, 5) is 0. The predicted molar refractivity (Wildman–Crippen MR) is 86.4 cm³/mol. The predicted octanol–water partition coefficient (Wildman–Crippen LogP) is 5.81. The fourth-order valence-corrected chi connectivity index (χ4v) is 3.19. The van der Waals surface area contributed by atoms with E-state index >= 15 is 0 Å². The van der Waals surface area contributed by atoms with Crippen molar-refractivity contribution in [2.24, 2.45) is 11.1 Å². The van der Waals surface area contributed by atoms with Gasteiger partial charge in [-0.15, -0.1) is 0 Å². The van der Waals surface area contributed by atoms with Gasteiger partial charge in [0.2, 0.25) is 0 Å². The number of hydrogen-bond donors (Lipinski definition) is 1. The van der Waals surface area contributed by atoms with E-state index in [9.17, 15) is 0 Å². The zero-order chi connectivity index (χ0) is 14.2. The third kappa shape index (κ3) is 8.68. The normalized spacial score (nSPS) is 23.4. The van der Waals surface area contributed by atoms with Crippen molar-refractivity contribution in [2.45, 2.75) is 110 Å². The van der Waals surface area contributed by atoms with Crippen LogP contribution in [0.5, 0.6) is 0 Å². The lowest BCUT2D eigenvalue weighted by atomic mass is 9.78. The lowest BCUT2D eigenvalue weighted by Crippen LogP contribution is -2.40. The molecule has 0 aromatic carbocycles. The Bertz CT molecular complexity index is 214. The van der Waals surface area contributed by atoms with E-state index in [0.29, 0.717) is 5.41 Å². The Morgan fingerprint density at radius 3 is 1.47 bits per heavy atom. The van der Waals surface area contributed by atoms with Gasteiger partial charge in [-0.3, -0.25) is 0 Å². The summed E-state index contributed by atoms with van der Waals surface area (Å²) < 4.78 is 0. The van der Waals surface area contributed by atoms with Gasteiger partial charge < -0.3 is 5.73 Å². The lowest BCUT2D eigenvalue weighted by Gasteiger charge is -2.33. The minimum atomic E-state index is 0.131. The van der Waals surface area contributed by atoms with Crippen LogP contribution >= 0.6 is 0 Å². The molecule has 2 N–H and O–H groups in total. The number of rotatable bonds is 2. The van der Waals surface area contributed by atoms with E-state index in [-0.39, 0.29) is 5.54 Å². The maximum Gasteiger partial charge on any atom is 0.0154 e. The van der Waals surface area contributed by atoms with Gasteiger partial charge in [-0.25, -0.2) is 0 Å². The van der Waals surface area contributed by atoms with Crippen molar-refractivity contribution in [3.8, 4) is 0 Å².